The first-order valence-electron chi connectivity index (χ1n) is 5.10. The van der Waals surface area contributed by atoms with Crippen LogP contribution in [0.4, 0.5) is 0 Å². The fourth-order valence-corrected chi connectivity index (χ4v) is 1.52. The minimum Gasteiger partial charge on any atom is -0.481 e. The van der Waals surface area contributed by atoms with Crippen molar-refractivity contribution in [1.82, 2.24) is 9.97 Å². The van der Waals surface area contributed by atoms with Crippen LogP contribution in [-0.4, -0.2) is 22.9 Å². The molecule has 0 unspecified atom stereocenters. The molecule has 1 aromatic rings. The molecule has 0 spiro atoms. The highest BCUT2D eigenvalue weighted by Gasteiger charge is 2.29. The summed E-state index contributed by atoms with van der Waals surface area (Å²) >= 11 is 0. The Morgan fingerprint density at radius 1 is 1.53 bits per heavy atom. The number of ether oxygens (including phenoxy) is 1. The fourth-order valence-electron chi connectivity index (χ4n) is 1.52. The lowest BCUT2D eigenvalue weighted by molar-refractivity contribution is -0.119. The first-order valence-corrected chi connectivity index (χ1v) is 5.10. The second kappa shape index (κ2) is 3.96. The summed E-state index contributed by atoms with van der Waals surface area (Å²) in [6.45, 7) is 1.80. The van der Waals surface area contributed by atoms with Gasteiger partial charge in [-0.1, -0.05) is 0 Å². The van der Waals surface area contributed by atoms with Gasteiger partial charge in [-0.3, -0.25) is 4.79 Å². The number of rotatable bonds is 4. The lowest BCUT2D eigenvalue weighted by Gasteiger charge is -2.03. The van der Waals surface area contributed by atoms with Gasteiger partial charge < -0.3 is 4.74 Å². The number of nitrogens with zero attached hydrogens (tertiary/aromatic N) is 2. The van der Waals surface area contributed by atoms with Gasteiger partial charge in [0.1, 0.15) is 11.6 Å². The van der Waals surface area contributed by atoms with Gasteiger partial charge in [0.05, 0.1) is 12.8 Å². The molecule has 0 atom stereocenters. The standard InChI is InChI=1S/C11H14N2O2/c1-7-12-9(6-11(13-7)15-2)5-10(14)8-3-4-8/h6,8H,3-5H2,1-2H3. The van der Waals surface area contributed by atoms with Crippen LogP contribution < -0.4 is 4.74 Å². The first kappa shape index (κ1) is 10.1. The topological polar surface area (TPSA) is 52.1 Å². The van der Waals surface area contributed by atoms with E-state index in [2.05, 4.69) is 9.97 Å². The Morgan fingerprint density at radius 3 is 2.87 bits per heavy atom. The summed E-state index contributed by atoms with van der Waals surface area (Å²) in [4.78, 5) is 19.9. The van der Waals surface area contributed by atoms with E-state index in [1.165, 1.54) is 0 Å². The highest BCUT2D eigenvalue weighted by molar-refractivity contribution is 5.84. The number of carbonyl (C=O) groups excluding carboxylic acids is 1. The van der Waals surface area contributed by atoms with Crippen molar-refractivity contribution in [3.63, 3.8) is 0 Å². The van der Waals surface area contributed by atoms with Crippen LogP contribution in [-0.2, 0) is 11.2 Å². The van der Waals surface area contributed by atoms with Crippen LogP contribution in [0, 0.1) is 12.8 Å². The van der Waals surface area contributed by atoms with Crippen LogP contribution in [0.2, 0.25) is 0 Å². The smallest absolute Gasteiger partial charge is 0.216 e. The van der Waals surface area contributed by atoms with E-state index < -0.39 is 0 Å². The van der Waals surface area contributed by atoms with Gasteiger partial charge in [0, 0.05) is 18.4 Å². The maximum Gasteiger partial charge on any atom is 0.216 e. The quantitative estimate of drug-likeness (QED) is 0.745. The molecule has 1 heterocycles. The molecule has 2 rings (SSSR count). The molecule has 15 heavy (non-hydrogen) atoms. The van der Waals surface area contributed by atoms with E-state index in [4.69, 9.17) is 4.74 Å². The fraction of sp³-hybridized carbons (Fsp3) is 0.545. The molecule has 0 saturated heterocycles. The Balaban J connectivity index is 2.12. The van der Waals surface area contributed by atoms with Gasteiger partial charge in [-0.2, -0.15) is 4.98 Å². The maximum atomic E-state index is 11.6. The van der Waals surface area contributed by atoms with E-state index >= 15 is 0 Å². The normalized spacial score (nSPS) is 15.1. The zero-order valence-corrected chi connectivity index (χ0v) is 8.99. The Bertz CT molecular complexity index is 386. The summed E-state index contributed by atoms with van der Waals surface area (Å²) in [7, 11) is 1.56. The highest BCUT2D eigenvalue weighted by atomic mass is 16.5. The molecule has 1 aromatic heterocycles. The van der Waals surface area contributed by atoms with Crippen molar-refractivity contribution in [2.24, 2.45) is 5.92 Å². The molecule has 0 amide bonds. The number of Topliss-reactive ketones (excluding diaryl/α,β-unsaturated/α-hetero) is 1. The second-order valence-electron chi connectivity index (χ2n) is 3.87. The molecular formula is C11H14N2O2. The van der Waals surface area contributed by atoms with Crippen LogP contribution in [0.5, 0.6) is 5.88 Å². The van der Waals surface area contributed by atoms with Crippen LogP contribution >= 0.6 is 0 Å². The Kier molecular flexibility index (Phi) is 2.66. The largest absolute Gasteiger partial charge is 0.481 e. The zero-order valence-electron chi connectivity index (χ0n) is 8.99. The summed E-state index contributed by atoms with van der Waals surface area (Å²) in [6.07, 6.45) is 2.49. The molecular weight excluding hydrogens is 192 g/mol. The lowest BCUT2D eigenvalue weighted by Crippen LogP contribution is -2.08. The van der Waals surface area contributed by atoms with Gasteiger partial charge in [-0.05, 0) is 19.8 Å². The van der Waals surface area contributed by atoms with E-state index in [0.717, 1.165) is 18.5 Å². The van der Waals surface area contributed by atoms with Crippen molar-refractivity contribution < 1.29 is 9.53 Å². The van der Waals surface area contributed by atoms with Crippen molar-refractivity contribution in [2.75, 3.05) is 7.11 Å². The van der Waals surface area contributed by atoms with Crippen LogP contribution in [0.3, 0.4) is 0 Å². The van der Waals surface area contributed by atoms with Crippen molar-refractivity contribution in [3.8, 4) is 5.88 Å². The summed E-state index contributed by atoms with van der Waals surface area (Å²) < 4.78 is 5.03. The number of hydrogen-bond acceptors (Lipinski definition) is 4. The highest BCUT2D eigenvalue weighted by Crippen LogP contribution is 2.30. The summed E-state index contributed by atoms with van der Waals surface area (Å²) in [6, 6.07) is 1.73. The third-order valence-electron chi connectivity index (χ3n) is 2.46. The van der Waals surface area contributed by atoms with Crippen LogP contribution in [0.25, 0.3) is 0 Å². The third-order valence-corrected chi connectivity index (χ3v) is 2.46. The van der Waals surface area contributed by atoms with Gasteiger partial charge in [-0.15, -0.1) is 0 Å². The summed E-state index contributed by atoms with van der Waals surface area (Å²) in [5, 5.41) is 0. The van der Waals surface area contributed by atoms with Crippen molar-refractivity contribution in [1.29, 1.82) is 0 Å². The van der Waals surface area contributed by atoms with Gasteiger partial charge in [0.25, 0.3) is 0 Å². The van der Waals surface area contributed by atoms with E-state index in [1.54, 1.807) is 20.1 Å². The number of aryl methyl sites for hydroxylation is 1. The number of hydrogen-bond donors (Lipinski definition) is 0. The van der Waals surface area contributed by atoms with Crippen LogP contribution in [0.15, 0.2) is 6.07 Å². The molecule has 4 nitrogen and oxygen atoms in total. The second-order valence-corrected chi connectivity index (χ2v) is 3.87. The Hall–Kier alpha value is -1.45. The first-order chi connectivity index (χ1) is 7.19. The van der Waals surface area contributed by atoms with Gasteiger partial charge in [0.2, 0.25) is 5.88 Å². The predicted molar refractivity (Wildman–Crippen MR) is 54.8 cm³/mol. The average Bonchev–Trinajstić information content (AvgIpc) is 2.99. The molecule has 80 valence electrons. The SMILES string of the molecule is COc1cc(CC(=O)C2CC2)nc(C)n1. The summed E-state index contributed by atoms with van der Waals surface area (Å²) in [5.74, 6) is 1.75. The van der Waals surface area contributed by atoms with E-state index in [-0.39, 0.29) is 11.7 Å². The molecule has 0 radical (unpaired) electrons. The number of methoxy groups -OCH3 is 1. The predicted octanol–water partition coefficient (Wildman–Crippen LogP) is 1.32. The monoisotopic (exact) mass is 206 g/mol. The molecule has 0 aliphatic heterocycles. The average molecular weight is 206 g/mol. The van der Waals surface area contributed by atoms with Crippen molar-refractivity contribution in [3.05, 3.63) is 17.6 Å². The molecule has 0 aromatic carbocycles. The molecule has 1 aliphatic rings. The molecule has 1 fully saturated rings. The molecule has 1 aliphatic carbocycles. The minimum absolute atomic E-state index is 0.284. The van der Waals surface area contributed by atoms with E-state index in [1.807, 2.05) is 0 Å². The number of ketones is 1. The Morgan fingerprint density at radius 2 is 2.27 bits per heavy atom. The molecule has 0 bridgehead atoms. The molecule has 1 saturated carbocycles. The third kappa shape index (κ3) is 2.52. The van der Waals surface area contributed by atoms with E-state index in [0.29, 0.717) is 18.1 Å². The van der Waals surface area contributed by atoms with Gasteiger partial charge in [0.15, 0.2) is 0 Å². The summed E-state index contributed by atoms with van der Waals surface area (Å²) in [5.41, 5.74) is 0.760. The number of aromatic nitrogens is 2. The minimum atomic E-state index is 0.284. The van der Waals surface area contributed by atoms with E-state index in [9.17, 15) is 4.79 Å². The van der Waals surface area contributed by atoms with Crippen molar-refractivity contribution in [2.45, 2.75) is 26.2 Å². The lowest BCUT2D eigenvalue weighted by atomic mass is 10.1. The van der Waals surface area contributed by atoms with Crippen molar-refractivity contribution >= 4 is 5.78 Å². The van der Waals surface area contributed by atoms with Crippen LogP contribution in [0.1, 0.15) is 24.4 Å². The Labute approximate surface area is 88.7 Å². The number of carbonyl (C=O) groups is 1. The zero-order chi connectivity index (χ0) is 10.8. The molecule has 0 N–H and O–H groups in total. The molecule has 4 heteroatoms. The van der Waals surface area contributed by atoms with Gasteiger partial charge >= 0.3 is 0 Å². The maximum absolute atomic E-state index is 11.6. The van der Waals surface area contributed by atoms with Gasteiger partial charge in [-0.25, -0.2) is 4.98 Å².